The number of carbonyl (C=O) groups excluding carboxylic acids is 1. The van der Waals surface area contributed by atoms with Crippen molar-refractivity contribution in [1.29, 1.82) is 0 Å². The number of benzene rings is 3. The maximum atomic E-state index is 13.5. The lowest BCUT2D eigenvalue weighted by Gasteiger charge is -2.52. The van der Waals surface area contributed by atoms with E-state index >= 15 is 0 Å². The first-order chi connectivity index (χ1) is 17.6. The van der Waals surface area contributed by atoms with Gasteiger partial charge < -0.3 is 24.2 Å². The van der Waals surface area contributed by atoms with Gasteiger partial charge in [-0.2, -0.15) is 0 Å². The molecule has 0 aromatic heterocycles. The molecule has 3 aromatic rings. The molecule has 0 saturated carbocycles. The number of halogens is 1. The van der Waals surface area contributed by atoms with Gasteiger partial charge in [-0.15, -0.1) is 0 Å². The molecule has 0 bridgehead atoms. The van der Waals surface area contributed by atoms with Gasteiger partial charge in [-0.3, -0.25) is 4.79 Å². The fourth-order valence-corrected chi connectivity index (χ4v) is 5.18. The molecule has 5 atom stereocenters. The van der Waals surface area contributed by atoms with Crippen molar-refractivity contribution in [2.75, 3.05) is 4.43 Å². The van der Waals surface area contributed by atoms with Crippen molar-refractivity contribution in [3.8, 4) is 0 Å². The van der Waals surface area contributed by atoms with E-state index in [0.717, 1.165) is 16.7 Å². The van der Waals surface area contributed by atoms with Crippen molar-refractivity contribution in [2.24, 2.45) is 0 Å². The Bertz CT molecular complexity index is 1070. The zero-order chi connectivity index (χ0) is 25.3. The molecular weight excluding hydrogens is 569 g/mol. The van der Waals surface area contributed by atoms with Crippen molar-refractivity contribution >= 4 is 28.5 Å². The largest absolute Gasteiger partial charge is 0.829 e. The SMILES string of the molecule is CC(=O)N(Cc1ccccc1)[C@@H]1[C@@H](OCc2ccccc2)[C@H](OCc2ccccc2)[C@@H](CI)O[C@@H]1[O-]. The van der Waals surface area contributed by atoms with E-state index in [1.165, 1.54) is 6.92 Å². The Balaban J connectivity index is 1.65. The molecule has 1 heterocycles. The van der Waals surface area contributed by atoms with Crippen molar-refractivity contribution in [3.05, 3.63) is 108 Å². The Hall–Kier alpha value is -2.30. The predicted molar refractivity (Wildman–Crippen MR) is 144 cm³/mol. The Labute approximate surface area is 226 Å². The fraction of sp³-hybridized carbons (Fsp3) is 0.345. The van der Waals surface area contributed by atoms with Crippen LogP contribution in [0.1, 0.15) is 23.6 Å². The lowest BCUT2D eigenvalue weighted by Crippen LogP contribution is -2.68. The number of alkyl halides is 1. The molecule has 6 nitrogen and oxygen atoms in total. The quantitative estimate of drug-likeness (QED) is 0.259. The molecule has 1 amide bonds. The van der Waals surface area contributed by atoms with Gasteiger partial charge in [0.2, 0.25) is 5.91 Å². The van der Waals surface area contributed by atoms with E-state index in [1.54, 1.807) is 4.90 Å². The molecule has 1 aliphatic heterocycles. The summed E-state index contributed by atoms with van der Waals surface area (Å²) < 4.78 is 19.4. The van der Waals surface area contributed by atoms with Crippen LogP contribution in [0.5, 0.6) is 0 Å². The minimum absolute atomic E-state index is 0.212. The zero-order valence-electron chi connectivity index (χ0n) is 20.2. The molecule has 0 spiro atoms. The van der Waals surface area contributed by atoms with Gasteiger partial charge >= 0.3 is 0 Å². The molecule has 0 radical (unpaired) electrons. The maximum absolute atomic E-state index is 13.5. The van der Waals surface area contributed by atoms with Crippen LogP contribution in [0.2, 0.25) is 0 Å². The van der Waals surface area contributed by atoms with Crippen molar-refractivity contribution < 1.29 is 24.1 Å². The lowest BCUT2D eigenvalue weighted by molar-refractivity contribution is -0.525. The minimum atomic E-state index is -1.46. The molecule has 7 heteroatoms. The lowest BCUT2D eigenvalue weighted by atomic mass is 9.94. The molecule has 1 saturated heterocycles. The highest BCUT2D eigenvalue weighted by molar-refractivity contribution is 14.1. The first kappa shape index (κ1) is 26.8. The summed E-state index contributed by atoms with van der Waals surface area (Å²) in [4.78, 5) is 14.5. The van der Waals surface area contributed by atoms with Gasteiger partial charge in [0, 0.05) is 24.2 Å². The molecule has 1 aliphatic rings. The minimum Gasteiger partial charge on any atom is -0.829 e. The standard InChI is InChI=1S/C29H31INO5/c1-21(32)31(18-22-11-5-2-6-12-22)26-28(35-20-24-15-9-4-10-16-24)27(25(17-30)36-29(26)33)34-19-23-13-7-3-8-14-23/h2-16,25-29H,17-20H2,1H3/q-1/t25-,26-,27-,28-,29+/m1/s1. The van der Waals surface area contributed by atoms with E-state index in [9.17, 15) is 9.90 Å². The van der Waals surface area contributed by atoms with Gasteiger partial charge in [-0.25, -0.2) is 0 Å². The van der Waals surface area contributed by atoms with E-state index in [2.05, 4.69) is 22.6 Å². The summed E-state index contributed by atoms with van der Waals surface area (Å²) >= 11 is 2.21. The molecule has 3 aromatic carbocycles. The third kappa shape index (κ3) is 6.92. The molecule has 0 unspecified atom stereocenters. The molecular formula is C29H31INO5-. The number of amides is 1. The number of hydrogen-bond acceptors (Lipinski definition) is 5. The number of rotatable bonds is 10. The van der Waals surface area contributed by atoms with Crippen LogP contribution in [-0.4, -0.2) is 45.9 Å². The number of nitrogens with zero attached hydrogens (tertiary/aromatic N) is 1. The Kier molecular flexibility index (Phi) is 9.89. The molecule has 36 heavy (non-hydrogen) atoms. The van der Waals surface area contributed by atoms with Crippen LogP contribution >= 0.6 is 22.6 Å². The first-order valence-corrected chi connectivity index (χ1v) is 13.6. The topological polar surface area (TPSA) is 71.1 Å². The van der Waals surface area contributed by atoms with E-state index in [1.807, 2.05) is 91.0 Å². The third-order valence-electron chi connectivity index (χ3n) is 6.30. The highest BCUT2D eigenvalue weighted by Crippen LogP contribution is 2.31. The van der Waals surface area contributed by atoms with Gasteiger partial charge in [0.25, 0.3) is 0 Å². The number of carbonyl (C=O) groups is 1. The van der Waals surface area contributed by atoms with Gasteiger partial charge in [0.1, 0.15) is 12.2 Å². The normalized spacial score (nSPS) is 23.8. The van der Waals surface area contributed by atoms with Crippen LogP contribution in [0.15, 0.2) is 91.0 Å². The van der Waals surface area contributed by atoms with Gasteiger partial charge in [-0.05, 0) is 16.7 Å². The second-order valence-electron chi connectivity index (χ2n) is 8.84. The Morgan fingerprint density at radius 3 is 1.78 bits per heavy atom. The van der Waals surface area contributed by atoms with Crippen LogP contribution in [0.4, 0.5) is 0 Å². The molecule has 190 valence electrons. The Morgan fingerprint density at radius 1 is 0.833 bits per heavy atom. The Morgan fingerprint density at radius 2 is 1.31 bits per heavy atom. The summed E-state index contributed by atoms with van der Waals surface area (Å²) in [7, 11) is 0. The smallest absolute Gasteiger partial charge is 0.220 e. The second-order valence-corrected chi connectivity index (χ2v) is 9.72. The zero-order valence-corrected chi connectivity index (χ0v) is 22.4. The number of hydrogen-bond donors (Lipinski definition) is 0. The van der Waals surface area contributed by atoms with Crippen LogP contribution in [0, 0.1) is 0 Å². The highest BCUT2D eigenvalue weighted by atomic mass is 127. The van der Waals surface area contributed by atoms with Gasteiger partial charge in [-0.1, -0.05) is 114 Å². The monoisotopic (exact) mass is 600 g/mol. The highest BCUT2D eigenvalue weighted by Gasteiger charge is 2.46. The summed E-state index contributed by atoms with van der Waals surface area (Å²) in [5.74, 6) is -0.212. The summed E-state index contributed by atoms with van der Waals surface area (Å²) in [6, 6.07) is 28.5. The fourth-order valence-electron chi connectivity index (χ4n) is 4.48. The number of ether oxygens (including phenoxy) is 3. The average molecular weight is 600 g/mol. The molecule has 1 fully saturated rings. The summed E-state index contributed by atoms with van der Waals surface area (Å²) in [6.07, 6.45) is -3.12. The van der Waals surface area contributed by atoms with Crippen molar-refractivity contribution in [2.45, 2.75) is 57.3 Å². The third-order valence-corrected chi connectivity index (χ3v) is 7.17. The average Bonchev–Trinajstić information content (AvgIpc) is 2.91. The first-order valence-electron chi connectivity index (χ1n) is 12.1. The van der Waals surface area contributed by atoms with E-state index < -0.39 is 30.6 Å². The van der Waals surface area contributed by atoms with Crippen LogP contribution in [0.3, 0.4) is 0 Å². The molecule has 0 aliphatic carbocycles. The maximum Gasteiger partial charge on any atom is 0.220 e. The second kappa shape index (κ2) is 13.3. The predicted octanol–water partition coefficient (Wildman–Crippen LogP) is 4.09. The van der Waals surface area contributed by atoms with Crippen LogP contribution in [0.25, 0.3) is 0 Å². The van der Waals surface area contributed by atoms with E-state index in [-0.39, 0.29) is 12.5 Å². The van der Waals surface area contributed by atoms with Crippen LogP contribution < -0.4 is 5.11 Å². The summed E-state index contributed by atoms with van der Waals surface area (Å²) in [5, 5.41) is 13.5. The van der Waals surface area contributed by atoms with Crippen LogP contribution in [-0.2, 0) is 38.8 Å². The molecule has 4 rings (SSSR count). The van der Waals surface area contributed by atoms with Crippen molar-refractivity contribution in [1.82, 2.24) is 4.90 Å². The van der Waals surface area contributed by atoms with Gasteiger partial charge in [0.05, 0.1) is 25.4 Å². The summed E-state index contributed by atoms with van der Waals surface area (Å²) in [6.45, 7) is 2.41. The van der Waals surface area contributed by atoms with E-state index in [0.29, 0.717) is 17.6 Å². The summed E-state index contributed by atoms with van der Waals surface area (Å²) in [5.41, 5.74) is 2.93. The van der Waals surface area contributed by atoms with Crippen molar-refractivity contribution in [3.63, 3.8) is 0 Å². The molecule has 0 N–H and O–H groups in total. The van der Waals surface area contributed by atoms with E-state index in [4.69, 9.17) is 14.2 Å². The van der Waals surface area contributed by atoms with Gasteiger partial charge in [0.15, 0.2) is 0 Å².